The van der Waals surface area contributed by atoms with Crippen LogP contribution < -0.4 is 0 Å². The van der Waals surface area contributed by atoms with Crippen molar-refractivity contribution in [2.24, 2.45) is 0 Å². The molecule has 4 nitrogen and oxygen atoms in total. The number of halogens is 1. The highest BCUT2D eigenvalue weighted by molar-refractivity contribution is 7.14. The highest BCUT2D eigenvalue weighted by Crippen LogP contribution is 2.34. The number of fused-ring (bicyclic) bond motifs is 1. The Kier molecular flexibility index (Phi) is 5.01. The zero-order chi connectivity index (χ0) is 20.5. The number of amides is 1. The van der Waals surface area contributed by atoms with Crippen LogP contribution >= 0.6 is 11.3 Å². The molecular formula is C24H20FN3OS. The Morgan fingerprint density at radius 1 is 1.00 bits per heavy atom. The molecule has 1 atom stereocenters. The molecule has 0 spiro atoms. The van der Waals surface area contributed by atoms with E-state index in [9.17, 15) is 9.18 Å². The molecule has 2 heterocycles. The fourth-order valence-electron chi connectivity index (χ4n) is 4.01. The number of benzene rings is 3. The smallest absolute Gasteiger partial charge is 0.253 e. The van der Waals surface area contributed by atoms with Gasteiger partial charge < -0.3 is 4.90 Å². The summed E-state index contributed by atoms with van der Waals surface area (Å²) in [6.45, 7) is 1.35. The fraction of sp³-hybridized carbons (Fsp3) is 0.208. The van der Waals surface area contributed by atoms with Gasteiger partial charge in [0.05, 0.1) is 0 Å². The van der Waals surface area contributed by atoms with E-state index in [0.29, 0.717) is 22.7 Å². The molecule has 1 amide bonds. The van der Waals surface area contributed by atoms with E-state index in [1.165, 1.54) is 17.4 Å². The largest absolute Gasteiger partial charge is 0.338 e. The molecule has 6 heteroatoms. The van der Waals surface area contributed by atoms with Crippen molar-refractivity contribution in [3.63, 3.8) is 0 Å². The highest BCUT2D eigenvalue weighted by Gasteiger charge is 2.28. The first kappa shape index (κ1) is 18.9. The summed E-state index contributed by atoms with van der Waals surface area (Å²) in [5.74, 6) is -0.123. The van der Waals surface area contributed by atoms with E-state index in [1.54, 1.807) is 18.2 Å². The quantitative estimate of drug-likeness (QED) is 0.441. The second-order valence-electron chi connectivity index (χ2n) is 7.58. The predicted molar refractivity (Wildman–Crippen MR) is 117 cm³/mol. The maximum atomic E-state index is 14.1. The zero-order valence-corrected chi connectivity index (χ0v) is 17.1. The van der Waals surface area contributed by atoms with Crippen molar-refractivity contribution in [3.05, 3.63) is 83.1 Å². The normalized spacial score (nSPS) is 16.7. The lowest BCUT2D eigenvalue weighted by Crippen LogP contribution is -2.39. The molecule has 1 aliphatic heterocycles. The summed E-state index contributed by atoms with van der Waals surface area (Å²) in [5, 5.41) is 12.2. The van der Waals surface area contributed by atoms with Gasteiger partial charge in [-0.05, 0) is 47.9 Å². The van der Waals surface area contributed by atoms with Crippen molar-refractivity contribution in [2.45, 2.75) is 18.8 Å². The van der Waals surface area contributed by atoms with Gasteiger partial charge in [0.1, 0.15) is 10.8 Å². The molecule has 150 valence electrons. The standard InChI is InChI=1S/C24H20FN3OS/c25-21-10-4-3-9-20(21)23-27-26-22(30-23)19-8-5-13-28(15-19)24(29)18-12-11-16-6-1-2-7-17(16)14-18/h1-4,6-7,9-12,14,19H,5,8,13,15H2. The first-order valence-corrected chi connectivity index (χ1v) is 10.9. The van der Waals surface area contributed by atoms with Crippen LogP contribution in [-0.4, -0.2) is 34.1 Å². The van der Waals surface area contributed by atoms with Crippen LogP contribution in [0.2, 0.25) is 0 Å². The molecule has 0 radical (unpaired) electrons. The third kappa shape index (κ3) is 3.59. The van der Waals surface area contributed by atoms with Gasteiger partial charge in [-0.25, -0.2) is 4.39 Å². The van der Waals surface area contributed by atoms with Crippen LogP contribution in [0.1, 0.15) is 34.1 Å². The third-order valence-electron chi connectivity index (χ3n) is 5.60. The third-order valence-corrected chi connectivity index (χ3v) is 6.72. The highest BCUT2D eigenvalue weighted by atomic mass is 32.1. The average molecular weight is 418 g/mol. The molecule has 1 aromatic heterocycles. The summed E-state index contributed by atoms with van der Waals surface area (Å²) < 4.78 is 14.1. The minimum atomic E-state index is -0.294. The summed E-state index contributed by atoms with van der Waals surface area (Å²) >= 11 is 1.42. The number of carbonyl (C=O) groups excluding carboxylic acids is 1. The number of hydrogen-bond acceptors (Lipinski definition) is 4. The Hall–Kier alpha value is -3.12. The van der Waals surface area contributed by atoms with Gasteiger partial charge in [-0.3, -0.25) is 4.79 Å². The minimum absolute atomic E-state index is 0.0456. The number of hydrogen-bond donors (Lipinski definition) is 0. The molecule has 1 saturated heterocycles. The molecule has 0 N–H and O–H groups in total. The van der Waals surface area contributed by atoms with Gasteiger partial charge in [0.25, 0.3) is 5.91 Å². The van der Waals surface area contributed by atoms with Gasteiger partial charge in [0, 0.05) is 30.1 Å². The summed E-state index contributed by atoms with van der Waals surface area (Å²) in [5.41, 5.74) is 1.18. The Labute approximate surface area is 178 Å². The Balaban J connectivity index is 1.35. The molecule has 0 saturated carbocycles. The van der Waals surface area contributed by atoms with Crippen LogP contribution in [0.25, 0.3) is 21.3 Å². The second kappa shape index (κ2) is 7.95. The van der Waals surface area contributed by atoms with E-state index in [1.807, 2.05) is 47.4 Å². The molecule has 30 heavy (non-hydrogen) atoms. The first-order chi connectivity index (χ1) is 14.7. The van der Waals surface area contributed by atoms with Gasteiger partial charge in [-0.15, -0.1) is 10.2 Å². The fourth-order valence-corrected chi connectivity index (χ4v) is 5.01. The van der Waals surface area contributed by atoms with Crippen molar-refractivity contribution in [2.75, 3.05) is 13.1 Å². The second-order valence-corrected chi connectivity index (χ2v) is 8.59. The summed E-state index contributed by atoms with van der Waals surface area (Å²) in [7, 11) is 0. The lowest BCUT2D eigenvalue weighted by Gasteiger charge is -2.31. The van der Waals surface area contributed by atoms with E-state index in [2.05, 4.69) is 10.2 Å². The van der Waals surface area contributed by atoms with Crippen molar-refractivity contribution < 1.29 is 9.18 Å². The molecule has 4 aromatic rings. The number of piperidine rings is 1. The summed E-state index contributed by atoms with van der Waals surface area (Å²) in [6.07, 6.45) is 1.87. The van der Waals surface area contributed by atoms with Crippen molar-refractivity contribution in [1.29, 1.82) is 0 Å². The number of likely N-dealkylation sites (tertiary alicyclic amines) is 1. The van der Waals surface area contributed by atoms with Crippen LogP contribution in [-0.2, 0) is 0 Å². The van der Waals surface area contributed by atoms with Gasteiger partial charge >= 0.3 is 0 Å². The lowest BCUT2D eigenvalue weighted by molar-refractivity contribution is 0.0707. The molecule has 1 aliphatic rings. The van der Waals surface area contributed by atoms with E-state index in [-0.39, 0.29) is 17.6 Å². The monoisotopic (exact) mass is 417 g/mol. The van der Waals surface area contributed by atoms with Crippen molar-refractivity contribution in [1.82, 2.24) is 15.1 Å². The number of nitrogens with zero attached hydrogens (tertiary/aromatic N) is 3. The molecule has 0 aliphatic carbocycles. The van der Waals surface area contributed by atoms with Gasteiger partial charge in [-0.2, -0.15) is 0 Å². The van der Waals surface area contributed by atoms with E-state index >= 15 is 0 Å². The van der Waals surface area contributed by atoms with Crippen LogP contribution in [0.15, 0.2) is 66.7 Å². The van der Waals surface area contributed by atoms with Crippen LogP contribution in [0.4, 0.5) is 4.39 Å². The number of carbonyl (C=O) groups is 1. The molecular weight excluding hydrogens is 397 g/mol. The number of rotatable bonds is 3. The van der Waals surface area contributed by atoms with E-state index < -0.39 is 0 Å². The summed E-state index contributed by atoms with van der Waals surface area (Å²) in [6, 6.07) is 20.5. The lowest BCUT2D eigenvalue weighted by atomic mass is 9.97. The van der Waals surface area contributed by atoms with E-state index in [0.717, 1.165) is 35.2 Å². The van der Waals surface area contributed by atoms with Crippen LogP contribution in [0.5, 0.6) is 0 Å². The minimum Gasteiger partial charge on any atom is -0.338 e. The SMILES string of the molecule is O=C(c1ccc2ccccc2c1)N1CCCC(c2nnc(-c3ccccc3F)s2)C1. The van der Waals surface area contributed by atoms with E-state index in [4.69, 9.17) is 0 Å². The summed E-state index contributed by atoms with van der Waals surface area (Å²) in [4.78, 5) is 15.0. The van der Waals surface area contributed by atoms with Crippen molar-refractivity contribution in [3.8, 4) is 10.6 Å². The van der Waals surface area contributed by atoms with Crippen LogP contribution in [0.3, 0.4) is 0 Å². The number of aromatic nitrogens is 2. The molecule has 0 bridgehead atoms. The Morgan fingerprint density at radius 2 is 1.80 bits per heavy atom. The zero-order valence-electron chi connectivity index (χ0n) is 16.3. The first-order valence-electron chi connectivity index (χ1n) is 10.1. The van der Waals surface area contributed by atoms with Crippen molar-refractivity contribution >= 4 is 28.0 Å². The van der Waals surface area contributed by atoms with Gasteiger partial charge in [0.15, 0.2) is 5.01 Å². The van der Waals surface area contributed by atoms with Gasteiger partial charge in [0.2, 0.25) is 0 Å². The topological polar surface area (TPSA) is 46.1 Å². The van der Waals surface area contributed by atoms with Gasteiger partial charge in [-0.1, -0.05) is 53.8 Å². The van der Waals surface area contributed by atoms with Crippen LogP contribution in [0, 0.1) is 5.82 Å². The predicted octanol–water partition coefficient (Wildman–Crippen LogP) is 5.52. The Morgan fingerprint density at radius 3 is 2.67 bits per heavy atom. The maximum Gasteiger partial charge on any atom is 0.253 e. The maximum absolute atomic E-state index is 14.1. The molecule has 1 fully saturated rings. The molecule has 1 unspecified atom stereocenters. The molecule has 5 rings (SSSR count). The molecule has 3 aromatic carbocycles. The average Bonchev–Trinajstić information content (AvgIpc) is 3.29. The Bertz CT molecular complexity index is 1220.